The zero-order chi connectivity index (χ0) is 13.3. The van der Waals surface area contributed by atoms with Gasteiger partial charge in [0.1, 0.15) is 0 Å². The normalized spacial score (nSPS) is 16.1. The van der Waals surface area contributed by atoms with Gasteiger partial charge in [-0.15, -0.1) is 11.3 Å². The van der Waals surface area contributed by atoms with Gasteiger partial charge in [0.25, 0.3) is 0 Å². The van der Waals surface area contributed by atoms with Crippen molar-refractivity contribution in [1.82, 2.24) is 10.3 Å². The molecule has 1 aromatic rings. The van der Waals surface area contributed by atoms with Crippen LogP contribution in [0.2, 0.25) is 0 Å². The lowest BCUT2D eigenvalue weighted by molar-refractivity contribution is 0.425. The first kappa shape index (κ1) is 13.8. The Kier molecular flexibility index (Phi) is 3.97. The van der Waals surface area contributed by atoms with Crippen LogP contribution in [0.1, 0.15) is 57.0 Å². The van der Waals surface area contributed by atoms with Gasteiger partial charge < -0.3 is 10.2 Å². The quantitative estimate of drug-likeness (QED) is 0.886. The molecule has 0 unspecified atom stereocenters. The second-order valence-electron chi connectivity index (χ2n) is 6.20. The van der Waals surface area contributed by atoms with Gasteiger partial charge in [-0.3, -0.25) is 0 Å². The third-order valence-corrected chi connectivity index (χ3v) is 4.45. The van der Waals surface area contributed by atoms with E-state index in [2.05, 4.69) is 45.0 Å². The number of nitrogens with one attached hydrogen (secondary N) is 1. The van der Waals surface area contributed by atoms with E-state index < -0.39 is 0 Å². The van der Waals surface area contributed by atoms with Crippen molar-refractivity contribution in [1.29, 1.82) is 0 Å². The number of anilines is 1. The molecule has 1 aromatic heterocycles. The van der Waals surface area contributed by atoms with Crippen molar-refractivity contribution in [2.75, 3.05) is 18.5 Å². The molecular formula is C14H25N3S. The first-order valence-electron chi connectivity index (χ1n) is 6.86. The van der Waals surface area contributed by atoms with Crippen molar-refractivity contribution in [3.8, 4) is 0 Å². The van der Waals surface area contributed by atoms with Crippen LogP contribution in [0.15, 0.2) is 0 Å². The van der Waals surface area contributed by atoms with E-state index >= 15 is 0 Å². The van der Waals surface area contributed by atoms with E-state index in [1.54, 1.807) is 0 Å². The highest BCUT2D eigenvalue weighted by Gasteiger charge is 2.30. The highest BCUT2D eigenvalue weighted by molar-refractivity contribution is 7.15. The maximum Gasteiger partial charge on any atom is 0.185 e. The van der Waals surface area contributed by atoms with Gasteiger partial charge in [-0.2, -0.15) is 0 Å². The molecule has 4 heteroatoms. The maximum atomic E-state index is 4.85. The minimum Gasteiger partial charge on any atom is -0.351 e. The van der Waals surface area contributed by atoms with Gasteiger partial charge in [0.15, 0.2) is 5.13 Å². The SMILES string of the molecule is CCN(C)c1nc(C2CC2)c(CNC(C)(C)C)s1. The Hall–Kier alpha value is -0.610. The molecule has 3 nitrogen and oxygen atoms in total. The summed E-state index contributed by atoms with van der Waals surface area (Å²) in [5.41, 5.74) is 1.52. The van der Waals surface area contributed by atoms with Crippen LogP contribution < -0.4 is 10.2 Å². The molecule has 102 valence electrons. The summed E-state index contributed by atoms with van der Waals surface area (Å²) in [5, 5.41) is 4.75. The Bertz CT molecular complexity index is 402. The topological polar surface area (TPSA) is 28.2 Å². The van der Waals surface area contributed by atoms with Gasteiger partial charge in [0, 0.05) is 36.5 Å². The molecule has 0 atom stereocenters. The molecule has 1 heterocycles. The number of thiazole rings is 1. The van der Waals surface area contributed by atoms with Crippen molar-refractivity contribution in [3.05, 3.63) is 10.6 Å². The Morgan fingerprint density at radius 2 is 2.06 bits per heavy atom. The second kappa shape index (κ2) is 5.17. The first-order valence-corrected chi connectivity index (χ1v) is 7.68. The van der Waals surface area contributed by atoms with E-state index in [4.69, 9.17) is 4.98 Å². The number of hydrogen-bond donors (Lipinski definition) is 1. The number of rotatable bonds is 5. The van der Waals surface area contributed by atoms with E-state index in [1.807, 2.05) is 11.3 Å². The van der Waals surface area contributed by atoms with Crippen LogP contribution in [0.4, 0.5) is 5.13 Å². The standard InChI is InChI=1S/C14H25N3S/c1-6-17(5)13-16-12(10-7-8-10)11(18-13)9-15-14(2,3)4/h10,15H,6-9H2,1-5H3. The van der Waals surface area contributed by atoms with Crippen molar-refractivity contribution in [2.24, 2.45) is 0 Å². The summed E-state index contributed by atoms with van der Waals surface area (Å²) >= 11 is 1.85. The van der Waals surface area contributed by atoms with Crippen LogP contribution >= 0.6 is 11.3 Å². The smallest absolute Gasteiger partial charge is 0.185 e. The fourth-order valence-electron chi connectivity index (χ4n) is 1.80. The van der Waals surface area contributed by atoms with Gasteiger partial charge in [0.05, 0.1) is 5.69 Å². The number of aromatic nitrogens is 1. The van der Waals surface area contributed by atoms with Crippen LogP contribution in [0.5, 0.6) is 0 Å². The van der Waals surface area contributed by atoms with Crippen LogP contribution in [-0.4, -0.2) is 24.1 Å². The van der Waals surface area contributed by atoms with E-state index in [-0.39, 0.29) is 5.54 Å². The predicted molar refractivity (Wildman–Crippen MR) is 79.6 cm³/mol. The van der Waals surface area contributed by atoms with Crippen molar-refractivity contribution in [3.63, 3.8) is 0 Å². The van der Waals surface area contributed by atoms with Crippen LogP contribution in [0.3, 0.4) is 0 Å². The highest BCUT2D eigenvalue weighted by atomic mass is 32.1. The molecule has 18 heavy (non-hydrogen) atoms. The Labute approximate surface area is 115 Å². The molecule has 0 aromatic carbocycles. The minimum absolute atomic E-state index is 0.168. The predicted octanol–water partition coefficient (Wildman–Crippen LogP) is 3.36. The molecule has 1 N–H and O–H groups in total. The molecule has 1 aliphatic carbocycles. The molecule has 1 saturated carbocycles. The summed E-state index contributed by atoms with van der Waals surface area (Å²) in [4.78, 5) is 8.51. The summed E-state index contributed by atoms with van der Waals surface area (Å²) < 4.78 is 0. The third kappa shape index (κ3) is 3.45. The fourth-order valence-corrected chi connectivity index (χ4v) is 2.91. The van der Waals surface area contributed by atoms with Crippen molar-refractivity contribution < 1.29 is 0 Å². The molecular weight excluding hydrogens is 242 g/mol. The average molecular weight is 267 g/mol. The molecule has 2 rings (SSSR count). The van der Waals surface area contributed by atoms with Crippen molar-refractivity contribution in [2.45, 2.75) is 58.5 Å². The first-order chi connectivity index (χ1) is 8.40. The molecule has 0 amide bonds. The van der Waals surface area contributed by atoms with Gasteiger partial charge in [-0.25, -0.2) is 4.98 Å². The summed E-state index contributed by atoms with van der Waals surface area (Å²) in [6.45, 7) is 10.8. The zero-order valence-corrected chi connectivity index (χ0v) is 13.0. The average Bonchev–Trinajstić information content (AvgIpc) is 3.05. The lowest BCUT2D eigenvalue weighted by Gasteiger charge is -2.20. The second-order valence-corrected chi connectivity index (χ2v) is 7.26. The largest absolute Gasteiger partial charge is 0.351 e. The van der Waals surface area contributed by atoms with Gasteiger partial charge in [-0.05, 0) is 40.5 Å². The summed E-state index contributed by atoms with van der Waals surface area (Å²) in [7, 11) is 2.12. The summed E-state index contributed by atoms with van der Waals surface area (Å²) in [5.74, 6) is 0.733. The highest BCUT2D eigenvalue weighted by Crippen LogP contribution is 2.44. The molecule has 0 spiro atoms. The lowest BCUT2D eigenvalue weighted by Crippen LogP contribution is -2.35. The lowest BCUT2D eigenvalue weighted by atomic mass is 10.1. The molecule has 0 radical (unpaired) electrons. The zero-order valence-electron chi connectivity index (χ0n) is 12.2. The molecule has 0 aliphatic heterocycles. The maximum absolute atomic E-state index is 4.85. The van der Waals surface area contributed by atoms with Crippen LogP contribution in [-0.2, 0) is 6.54 Å². The Morgan fingerprint density at radius 1 is 1.39 bits per heavy atom. The van der Waals surface area contributed by atoms with E-state index in [9.17, 15) is 0 Å². The summed E-state index contributed by atoms with van der Waals surface area (Å²) in [6.07, 6.45) is 2.64. The van der Waals surface area contributed by atoms with E-state index in [0.717, 1.165) is 19.0 Å². The van der Waals surface area contributed by atoms with Crippen molar-refractivity contribution >= 4 is 16.5 Å². The van der Waals surface area contributed by atoms with Crippen LogP contribution in [0, 0.1) is 0 Å². The van der Waals surface area contributed by atoms with Gasteiger partial charge in [-0.1, -0.05) is 0 Å². The van der Waals surface area contributed by atoms with Gasteiger partial charge >= 0.3 is 0 Å². The third-order valence-electron chi connectivity index (χ3n) is 3.26. The van der Waals surface area contributed by atoms with E-state index in [0.29, 0.717) is 0 Å². The fraction of sp³-hybridized carbons (Fsp3) is 0.786. The number of hydrogen-bond acceptors (Lipinski definition) is 4. The molecule has 1 fully saturated rings. The Morgan fingerprint density at radius 3 is 2.56 bits per heavy atom. The molecule has 0 bridgehead atoms. The minimum atomic E-state index is 0.168. The van der Waals surface area contributed by atoms with E-state index in [1.165, 1.54) is 28.5 Å². The van der Waals surface area contributed by atoms with Gasteiger partial charge in [0.2, 0.25) is 0 Å². The number of nitrogens with zero attached hydrogens (tertiary/aromatic N) is 2. The monoisotopic (exact) mass is 267 g/mol. The molecule has 1 aliphatic rings. The molecule has 0 saturated heterocycles. The summed E-state index contributed by atoms with van der Waals surface area (Å²) in [6, 6.07) is 0. The Balaban J connectivity index is 2.14. The van der Waals surface area contributed by atoms with Crippen LogP contribution in [0.25, 0.3) is 0 Å².